The summed E-state index contributed by atoms with van der Waals surface area (Å²) in [7, 11) is 0. The minimum atomic E-state index is 0.000216. The van der Waals surface area contributed by atoms with Crippen LogP contribution in [0.3, 0.4) is 0 Å². The molecule has 0 saturated carbocycles. The Balaban J connectivity index is 4.46. The van der Waals surface area contributed by atoms with Gasteiger partial charge in [0.15, 0.2) is 5.57 Å². The van der Waals surface area contributed by atoms with Gasteiger partial charge in [0, 0.05) is 24.8 Å². The van der Waals surface area contributed by atoms with E-state index in [-0.39, 0.29) is 5.57 Å². The smallest absolute Gasteiger partial charge is 0.169 e. The van der Waals surface area contributed by atoms with Gasteiger partial charge < -0.3 is 10.6 Å². The lowest BCUT2D eigenvalue weighted by molar-refractivity contribution is 0.720. The molecule has 0 radical (unpaired) electrons. The highest BCUT2D eigenvalue weighted by molar-refractivity contribution is 6.18. The normalized spacial score (nSPS) is 8.29. The molecule has 76 valence electrons. The summed E-state index contributed by atoms with van der Waals surface area (Å²) in [4.78, 5) is 0. The van der Waals surface area contributed by atoms with Crippen LogP contribution < -0.4 is 10.6 Å². The largest absolute Gasteiger partial charge is 0.369 e. The van der Waals surface area contributed by atoms with Gasteiger partial charge in [0.25, 0.3) is 0 Å². The predicted octanol–water partition coefficient (Wildman–Crippen LogP) is 0.902. The molecular formula is C8H10Cl2N4. The van der Waals surface area contributed by atoms with Gasteiger partial charge in [0.2, 0.25) is 0 Å². The monoisotopic (exact) mass is 232 g/mol. The fraction of sp³-hybridized carbons (Fsp3) is 0.500. The Kier molecular flexibility index (Phi) is 7.83. The second kappa shape index (κ2) is 8.50. The quantitative estimate of drug-likeness (QED) is 0.528. The summed E-state index contributed by atoms with van der Waals surface area (Å²) in [5, 5.41) is 22.9. The SMILES string of the molecule is N#CC(C#N)=C(NCCCl)NCCCl. The molecule has 0 atom stereocenters. The third-order valence-corrected chi connectivity index (χ3v) is 1.64. The van der Waals surface area contributed by atoms with E-state index in [1.807, 2.05) is 0 Å². The number of alkyl halides is 2. The minimum Gasteiger partial charge on any atom is -0.369 e. The first-order valence-electron chi connectivity index (χ1n) is 3.94. The van der Waals surface area contributed by atoms with E-state index in [2.05, 4.69) is 10.6 Å². The summed E-state index contributed by atoms with van der Waals surface area (Å²) < 4.78 is 0. The molecule has 0 aliphatic rings. The third-order valence-electron chi connectivity index (χ3n) is 1.27. The fourth-order valence-electron chi connectivity index (χ4n) is 0.721. The Hall–Kier alpha value is -1.10. The molecule has 0 rings (SSSR count). The number of nitrogens with zero attached hydrogens (tertiary/aromatic N) is 2. The lowest BCUT2D eigenvalue weighted by Crippen LogP contribution is -2.30. The van der Waals surface area contributed by atoms with Crippen LogP contribution in [0, 0.1) is 22.7 Å². The molecule has 0 saturated heterocycles. The minimum absolute atomic E-state index is 0.000216. The molecule has 0 fully saturated rings. The molecular weight excluding hydrogens is 223 g/mol. The van der Waals surface area contributed by atoms with Crippen molar-refractivity contribution in [1.82, 2.24) is 10.6 Å². The van der Waals surface area contributed by atoms with Crippen molar-refractivity contribution in [2.45, 2.75) is 0 Å². The van der Waals surface area contributed by atoms with Gasteiger partial charge in [-0.1, -0.05) is 0 Å². The first-order valence-corrected chi connectivity index (χ1v) is 5.01. The summed E-state index contributed by atoms with van der Waals surface area (Å²) >= 11 is 10.9. The number of nitriles is 2. The van der Waals surface area contributed by atoms with Crippen LogP contribution in [-0.2, 0) is 0 Å². The second-order valence-corrected chi connectivity index (χ2v) is 2.96. The molecule has 0 spiro atoms. The highest BCUT2D eigenvalue weighted by Crippen LogP contribution is 1.95. The Bertz CT molecular complexity index is 248. The molecule has 0 aliphatic carbocycles. The number of nitrogens with one attached hydrogen (secondary N) is 2. The molecule has 0 bridgehead atoms. The van der Waals surface area contributed by atoms with Gasteiger partial charge in [-0.25, -0.2) is 0 Å². The summed E-state index contributed by atoms with van der Waals surface area (Å²) in [6.45, 7) is 0.970. The molecule has 0 aromatic rings. The second-order valence-electron chi connectivity index (χ2n) is 2.21. The van der Waals surface area contributed by atoms with Crippen molar-refractivity contribution in [2.75, 3.05) is 24.8 Å². The van der Waals surface area contributed by atoms with Crippen LogP contribution in [0.5, 0.6) is 0 Å². The number of halogens is 2. The molecule has 0 unspecified atom stereocenters. The van der Waals surface area contributed by atoms with Gasteiger partial charge in [0.05, 0.1) is 0 Å². The van der Waals surface area contributed by atoms with Crippen LogP contribution in [0.1, 0.15) is 0 Å². The van der Waals surface area contributed by atoms with Gasteiger partial charge in [-0.05, 0) is 0 Å². The van der Waals surface area contributed by atoms with Crippen molar-refractivity contribution < 1.29 is 0 Å². The average molecular weight is 233 g/mol. The standard InChI is InChI=1S/C8H10Cl2N4/c9-1-3-13-8(14-4-2-10)7(5-11)6-12/h13-14H,1-4H2. The molecule has 0 aliphatic heterocycles. The van der Waals surface area contributed by atoms with Gasteiger partial charge in [-0.15, -0.1) is 23.2 Å². The number of hydrogen-bond donors (Lipinski definition) is 2. The number of rotatable bonds is 6. The van der Waals surface area contributed by atoms with Gasteiger partial charge in [-0.3, -0.25) is 0 Å². The fourth-order valence-corrected chi connectivity index (χ4v) is 0.910. The van der Waals surface area contributed by atoms with Crippen LogP contribution in [0.25, 0.3) is 0 Å². The Morgan fingerprint density at radius 1 is 1.00 bits per heavy atom. The molecule has 4 nitrogen and oxygen atoms in total. The summed E-state index contributed by atoms with van der Waals surface area (Å²) in [6.07, 6.45) is 0. The lowest BCUT2D eigenvalue weighted by atomic mass is 10.3. The number of hydrogen-bond acceptors (Lipinski definition) is 4. The summed E-state index contributed by atoms with van der Waals surface area (Å²) in [5.41, 5.74) is 0.000216. The van der Waals surface area contributed by atoms with Crippen molar-refractivity contribution in [3.8, 4) is 12.1 Å². The molecule has 0 aromatic heterocycles. The summed E-state index contributed by atoms with van der Waals surface area (Å²) in [5.74, 6) is 1.18. The van der Waals surface area contributed by atoms with Gasteiger partial charge >= 0.3 is 0 Å². The summed E-state index contributed by atoms with van der Waals surface area (Å²) in [6, 6.07) is 3.55. The third kappa shape index (κ3) is 4.81. The van der Waals surface area contributed by atoms with E-state index in [1.54, 1.807) is 12.1 Å². The van der Waals surface area contributed by atoms with Gasteiger partial charge in [0.1, 0.15) is 18.0 Å². The molecule has 2 N–H and O–H groups in total. The maximum atomic E-state index is 8.62. The van der Waals surface area contributed by atoms with E-state index in [4.69, 9.17) is 33.7 Å². The maximum absolute atomic E-state index is 8.62. The van der Waals surface area contributed by atoms with Crippen molar-refractivity contribution in [3.05, 3.63) is 11.4 Å². The first-order chi connectivity index (χ1) is 6.79. The van der Waals surface area contributed by atoms with E-state index >= 15 is 0 Å². The van der Waals surface area contributed by atoms with Crippen molar-refractivity contribution in [2.24, 2.45) is 0 Å². The Morgan fingerprint density at radius 3 is 1.71 bits per heavy atom. The van der Waals surface area contributed by atoms with Crippen molar-refractivity contribution in [1.29, 1.82) is 10.5 Å². The van der Waals surface area contributed by atoms with E-state index in [9.17, 15) is 0 Å². The van der Waals surface area contributed by atoms with E-state index < -0.39 is 0 Å². The van der Waals surface area contributed by atoms with Crippen LogP contribution in [0.15, 0.2) is 11.4 Å². The highest BCUT2D eigenvalue weighted by atomic mass is 35.5. The molecule has 6 heteroatoms. The molecule has 0 amide bonds. The highest BCUT2D eigenvalue weighted by Gasteiger charge is 2.04. The van der Waals surface area contributed by atoms with Crippen LogP contribution in [0.2, 0.25) is 0 Å². The molecule has 14 heavy (non-hydrogen) atoms. The zero-order valence-electron chi connectivity index (χ0n) is 7.48. The van der Waals surface area contributed by atoms with Crippen LogP contribution >= 0.6 is 23.2 Å². The molecule has 0 aromatic carbocycles. The van der Waals surface area contributed by atoms with Crippen LogP contribution in [0.4, 0.5) is 0 Å². The predicted molar refractivity (Wildman–Crippen MR) is 55.7 cm³/mol. The Labute approximate surface area is 93.1 Å². The number of allylic oxidation sites excluding steroid dienone is 1. The van der Waals surface area contributed by atoms with Crippen molar-refractivity contribution >= 4 is 23.2 Å². The average Bonchev–Trinajstić information content (AvgIpc) is 2.22. The lowest BCUT2D eigenvalue weighted by Gasteiger charge is -2.10. The topological polar surface area (TPSA) is 71.6 Å². The first kappa shape index (κ1) is 12.9. The zero-order chi connectivity index (χ0) is 10.8. The Morgan fingerprint density at radius 2 is 1.43 bits per heavy atom. The van der Waals surface area contributed by atoms with E-state index in [0.717, 1.165) is 0 Å². The van der Waals surface area contributed by atoms with E-state index in [0.29, 0.717) is 30.7 Å². The van der Waals surface area contributed by atoms with Crippen molar-refractivity contribution in [3.63, 3.8) is 0 Å². The van der Waals surface area contributed by atoms with Gasteiger partial charge in [-0.2, -0.15) is 10.5 Å². The van der Waals surface area contributed by atoms with Crippen LogP contribution in [-0.4, -0.2) is 24.8 Å². The molecule has 0 heterocycles. The maximum Gasteiger partial charge on any atom is 0.169 e. The zero-order valence-corrected chi connectivity index (χ0v) is 8.99. The van der Waals surface area contributed by atoms with E-state index in [1.165, 1.54) is 0 Å².